The lowest BCUT2D eigenvalue weighted by molar-refractivity contribution is -0.147. The molecule has 1 amide bonds. The molecule has 0 heterocycles. The van der Waals surface area contributed by atoms with E-state index in [4.69, 9.17) is 5.73 Å². The third-order valence-corrected chi connectivity index (χ3v) is 1.03. The van der Waals surface area contributed by atoms with Crippen LogP contribution in [0.1, 0.15) is 6.42 Å². The average molecular weight is 170 g/mol. The summed E-state index contributed by atoms with van der Waals surface area (Å²) in [6.45, 7) is 0. The van der Waals surface area contributed by atoms with Gasteiger partial charge in [0.1, 0.15) is 0 Å². The molecule has 66 valence electrons. The Labute approximate surface area is 61.7 Å². The lowest BCUT2D eigenvalue weighted by atomic mass is 10.2. The van der Waals surface area contributed by atoms with Crippen molar-refractivity contribution < 1.29 is 18.0 Å². The van der Waals surface area contributed by atoms with Crippen LogP contribution in [0.4, 0.5) is 13.2 Å². The van der Waals surface area contributed by atoms with Crippen LogP contribution in [0.5, 0.6) is 0 Å². The van der Waals surface area contributed by atoms with Crippen molar-refractivity contribution in [2.24, 2.45) is 5.73 Å². The van der Waals surface area contributed by atoms with Crippen LogP contribution in [-0.4, -0.2) is 25.2 Å². The van der Waals surface area contributed by atoms with E-state index in [1.165, 1.54) is 7.05 Å². The number of nitrogens with two attached hydrogens (primary N) is 1. The predicted octanol–water partition coefficient (Wildman–Crippen LogP) is 0.0121. The highest BCUT2D eigenvalue weighted by atomic mass is 19.4. The molecule has 0 aliphatic carbocycles. The van der Waals surface area contributed by atoms with E-state index in [2.05, 4.69) is 0 Å². The minimum Gasteiger partial charge on any atom is -0.358 e. The summed E-state index contributed by atoms with van der Waals surface area (Å²) in [6, 6.07) is -1.50. The maximum Gasteiger partial charge on any atom is 0.391 e. The van der Waals surface area contributed by atoms with E-state index in [9.17, 15) is 18.0 Å². The van der Waals surface area contributed by atoms with Gasteiger partial charge in [-0.15, -0.1) is 0 Å². The normalized spacial score (nSPS) is 14.3. The first-order valence-electron chi connectivity index (χ1n) is 2.90. The Morgan fingerprint density at radius 2 is 2.09 bits per heavy atom. The molecule has 0 saturated heterocycles. The van der Waals surface area contributed by atoms with Crippen molar-refractivity contribution >= 4 is 5.91 Å². The highest BCUT2D eigenvalue weighted by Crippen LogP contribution is 2.20. The fourth-order valence-corrected chi connectivity index (χ4v) is 0.527. The van der Waals surface area contributed by atoms with Crippen LogP contribution < -0.4 is 11.1 Å². The van der Waals surface area contributed by atoms with Gasteiger partial charge in [0.15, 0.2) is 0 Å². The van der Waals surface area contributed by atoms with Crippen molar-refractivity contribution in [3.63, 3.8) is 0 Å². The summed E-state index contributed by atoms with van der Waals surface area (Å²) in [5, 5.41) is 2.02. The maximum absolute atomic E-state index is 11.5. The molecule has 0 aromatic heterocycles. The first kappa shape index (κ1) is 10.2. The van der Waals surface area contributed by atoms with Crippen molar-refractivity contribution in [1.29, 1.82) is 0 Å². The van der Waals surface area contributed by atoms with E-state index in [0.717, 1.165) is 0 Å². The van der Waals surface area contributed by atoms with Crippen molar-refractivity contribution in [2.75, 3.05) is 7.05 Å². The molecule has 0 spiro atoms. The van der Waals surface area contributed by atoms with Crippen LogP contribution >= 0.6 is 0 Å². The van der Waals surface area contributed by atoms with Gasteiger partial charge in [-0.25, -0.2) is 0 Å². The lowest BCUT2D eigenvalue weighted by Crippen LogP contribution is -2.41. The molecule has 0 aliphatic heterocycles. The molecule has 0 aromatic rings. The van der Waals surface area contributed by atoms with Gasteiger partial charge >= 0.3 is 6.18 Å². The summed E-state index contributed by atoms with van der Waals surface area (Å²) in [5.74, 6) is -0.803. The van der Waals surface area contributed by atoms with E-state index >= 15 is 0 Å². The van der Waals surface area contributed by atoms with Gasteiger partial charge < -0.3 is 11.1 Å². The van der Waals surface area contributed by atoms with Crippen molar-refractivity contribution in [2.45, 2.75) is 18.6 Å². The molecule has 0 aliphatic rings. The second kappa shape index (κ2) is 3.56. The minimum absolute atomic E-state index is 0.803. The molecule has 0 unspecified atom stereocenters. The number of likely N-dealkylation sites (N-methyl/N-ethyl adjacent to an activating group) is 1. The van der Waals surface area contributed by atoms with Crippen molar-refractivity contribution in [3.05, 3.63) is 0 Å². The number of halogens is 3. The second-order valence-corrected chi connectivity index (χ2v) is 2.04. The minimum atomic E-state index is -4.38. The van der Waals surface area contributed by atoms with Gasteiger partial charge in [0.25, 0.3) is 0 Å². The number of hydrogen-bond acceptors (Lipinski definition) is 2. The Hall–Kier alpha value is -0.780. The van der Waals surface area contributed by atoms with E-state index in [1.807, 2.05) is 5.32 Å². The molecule has 0 radical (unpaired) electrons. The van der Waals surface area contributed by atoms with Crippen LogP contribution in [0.25, 0.3) is 0 Å². The first-order valence-corrected chi connectivity index (χ1v) is 2.90. The number of carbonyl (C=O) groups is 1. The van der Waals surface area contributed by atoms with Crippen LogP contribution in [0.2, 0.25) is 0 Å². The Morgan fingerprint density at radius 3 is 2.36 bits per heavy atom. The zero-order chi connectivity index (χ0) is 9.07. The van der Waals surface area contributed by atoms with E-state index < -0.39 is 24.5 Å². The molecular formula is C5H9F3N2O. The highest BCUT2D eigenvalue weighted by molar-refractivity contribution is 5.81. The molecule has 0 fully saturated rings. The Morgan fingerprint density at radius 1 is 1.64 bits per heavy atom. The number of carbonyl (C=O) groups excluding carboxylic acids is 1. The van der Waals surface area contributed by atoms with E-state index in [1.54, 1.807) is 0 Å². The topological polar surface area (TPSA) is 55.1 Å². The predicted molar refractivity (Wildman–Crippen MR) is 32.7 cm³/mol. The molecule has 0 rings (SSSR count). The molecule has 0 bridgehead atoms. The van der Waals surface area contributed by atoms with Gasteiger partial charge in [0.2, 0.25) is 5.91 Å². The lowest BCUT2D eigenvalue weighted by Gasteiger charge is -2.11. The highest BCUT2D eigenvalue weighted by Gasteiger charge is 2.32. The Bertz CT molecular complexity index is 145. The molecule has 3 nitrogen and oxygen atoms in total. The fraction of sp³-hybridized carbons (Fsp3) is 0.800. The van der Waals surface area contributed by atoms with Gasteiger partial charge in [-0.1, -0.05) is 0 Å². The maximum atomic E-state index is 11.5. The summed E-state index contributed by atoms with van der Waals surface area (Å²) < 4.78 is 34.6. The molecule has 11 heavy (non-hydrogen) atoms. The van der Waals surface area contributed by atoms with Crippen LogP contribution in [0, 0.1) is 0 Å². The number of amides is 1. The molecule has 0 aromatic carbocycles. The summed E-state index contributed by atoms with van der Waals surface area (Å²) in [4.78, 5) is 10.5. The first-order chi connectivity index (χ1) is 4.87. The number of rotatable bonds is 2. The summed E-state index contributed by atoms with van der Waals surface area (Å²) >= 11 is 0. The van der Waals surface area contributed by atoms with Gasteiger partial charge in [0.05, 0.1) is 12.5 Å². The summed E-state index contributed by atoms with van der Waals surface area (Å²) in [5.41, 5.74) is 4.88. The zero-order valence-electron chi connectivity index (χ0n) is 5.90. The van der Waals surface area contributed by atoms with Crippen LogP contribution in [-0.2, 0) is 4.79 Å². The van der Waals surface area contributed by atoms with Crippen molar-refractivity contribution in [3.8, 4) is 0 Å². The monoisotopic (exact) mass is 170 g/mol. The van der Waals surface area contributed by atoms with Gasteiger partial charge in [-0.3, -0.25) is 4.79 Å². The summed E-state index contributed by atoms with van der Waals surface area (Å²) in [7, 11) is 1.23. The van der Waals surface area contributed by atoms with E-state index in [0.29, 0.717) is 0 Å². The van der Waals surface area contributed by atoms with Crippen LogP contribution in [0.15, 0.2) is 0 Å². The molecule has 6 heteroatoms. The smallest absolute Gasteiger partial charge is 0.358 e. The SMILES string of the molecule is CNC(=O)[C@@H](N)CC(F)(F)F. The van der Waals surface area contributed by atoms with Crippen molar-refractivity contribution in [1.82, 2.24) is 5.32 Å². The van der Waals surface area contributed by atoms with Gasteiger partial charge in [-0.2, -0.15) is 13.2 Å². The third-order valence-electron chi connectivity index (χ3n) is 1.03. The standard InChI is InChI=1S/C5H9F3N2O/c1-10-4(11)3(9)2-5(6,7)8/h3H,2,9H2,1H3,(H,10,11)/t3-/m0/s1. The quantitative estimate of drug-likeness (QED) is 0.613. The number of hydrogen-bond donors (Lipinski definition) is 2. The molecule has 0 saturated carbocycles. The summed E-state index contributed by atoms with van der Waals surface area (Å²) in [6.07, 6.45) is -5.67. The molecule has 3 N–H and O–H groups in total. The zero-order valence-corrected chi connectivity index (χ0v) is 5.90. The average Bonchev–Trinajstić information content (AvgIpc) is 1.82. The van der Waals surface area contributed by atoms with E-state index in [-0.39, 0.29) is 0 Å². The molecule has 1 atom stereocenters. The number of alkyl halides is 3. The molecular weight excluding hydrogens is 161 g/mol. The third kappa shape index (κ3) is 4.60. The Balaban J connectivity index is 3.87. The fourth-order valence-electron chi connectivity index (χ4n) is 0.527. The largest absolute Gasteiger partial charge is 0.391 e. The Kier molecular flexibility index (Phi) is 3.31. The van der Waals surface area contributed by atoms with Gasteiger partial charge in [0, 0.05) is 7.05 Å². The second-order valence-electron chi connectivity index (χ2n) is 2.04. The number of nitrogens with one attached hydrogen (secondary N) is 1. The van der Waals surface area contributed by atoms with Crippen LogP contribution in [0.3, 0.4) is 0 Å². The van der Waals surface area contributed by atoms with Gasteiger partial charge in [-0.05, 0) is 0 Å².